The van der Waals surface area contributed by atoms with Crippen molar-refractivity contribution in [2.45, 2.75) is 189 Å². The van der Waals surface area contributed by atoms with Gasteiger partial charge in [0.15, 0.2) is 6.23 Å². The van der Waals surface area contributed by atoms with Crippen molar-refractivity contribution in [2.75, 3.05) is 13.2 Å². The Hall–Kier alpha value is -6.53. The van der Waals surface area contributed by atoms with Crippen LogP contribution in [0, 0.1) is 59.2 Å². The molecule has 18 N–H and O–H groups in total. The van der Waals surface area contributed by atoms with E-state index in [1.54, 1.807) is 11.5 Å². The second-order valence-electron chi connectivity index (χ2n) is 27.1. The molecule has 0 saturated carbocycles. The summed E-state index contributed by atoms with van der Waals surface area (Å²) in [7, 11) is -5.06. The molecule has 15 unspecified atom stereocenters. The molecule has 8 rings (SSSR count). The Balaban J connectivity index is 0.00000672. The summed E-state index contributed by atoms with van der Waals surface area (Å²) in [6.45, 7) is 19.1. The Morgan fingerprint density at radius 1 is 0.772 bits per heavy atom. The van der Waals surface area contributed by atoms with Gasteiger partial charge in [0.1, 0.15) is 18.3 Å². The van der Waals surface area contributed by atoms with Gasteiger partial charge >= 0.3 is 7.82 Å². The summed E-state index contributed by atoms with van der Waals surface area (Å²) in [6.07, 6.45) is -4.44. The van der Waals surface area contributed by atoms with Crippen molar-refractivity contribution in [3.63, 3.8) is 0 Å². The number of nitrogens with one attached hydrogen (secondary N) is 1. The van der Waals surface area contributed by atoms with Crippen molar-refractivity contribution in [1.82, 2.24) is 14.9 Å². The second-order valence-corrected chi connectivity index (χ2v) is 28.4. The topological polar surface area (TPSA) is 494 Å². The fourth-order valence-electron chi connectivity index (χ4n) is 15.6. The number of nitrogens with zero attached hydrogens (tertiary/aromatic N) is 6. The fraction of sp³-hybridized carbons (Fsp3) is 0.629. The number of fused-ring (bicyclic) bond motifs is 7. The Labute approximate surface area is 545 Å². The van der Waals surface area contributed by atoms with E-state index in [1.165, 1.54) is 13.3 Å². The number of amides is 7. The molecule has 6 aliphatic rings. The first kappa shape index (κ1) is 74.5. The monoisotopic (exact) mass is 1350 g/mol. The van der Waals surface area contributed by atoms with Crippen LogP contribution < -0.4 is 39.7 Å². The average molecular weight is 1350 g/mol. The summed E-state index contributed by atoms with van der Waals surface area (Å²) < 4.78 is 32.2. The minimum Gasteiger partial charge on any atom is -0.682 e. The van der Waals surface area contributed by atoms with E-state index in [9.17, 15) is 53.2 Å². The number of hydrogen-bond acceptors (Lipinski definition) is 17. The largest absolute Gasteiger partial charge is 0.682 e. The van der Waals surface area contributed by atoms with Gasteiger partial charge in [-0.15, -0.1) is 0 Å². The number of aliphatic hydroxyl groups excluding tert-OH is 2. The Bertz CT molecular complexity index is 3550. The SMILES string of the molecule is CC1=C2[N-]C(C(C)(CC(N)=O)C2CCC(=O)NCC(C)OP(=O)(O)OC2C(CO)OC(n3cnc4cc(C)c(C)cc43)C2O)C2(C)N=C(C(C)=C3N=C(C=C4N=C1C(C)(C)C4CCC(N)=O)C(CCC(N)=O)C3(C)CC(N)=O)C(CCC(N)=O)C2(C)CC(N)=O.O.[Co]. The molecule has 509 valence electrons. The zero-order chi connectivity index (χ0) is 66.7. The van der Waals surface area contributed by atoms with Gasteiger partial charge in [-0.25, -0.2) is 9.55 Å². The van der Waals surface area contributed by atoms with Crippen molar-refractivity contribution in [3.05, 3.63) is 69.2 Å². The first-order valence-corrected chi connectivity index (χ1v) is 32.0. The van der Waals surface area contributed by atoms with Crippen LogP contribution in [0.25, 0.3) is 16.4 Å². The van der Waals surface area contributed by atoms with Crippen molar-refractivity contribution < 1.29 is 89.3 Å². The molecule has 2 fully saturated rings. The molecule has 7 amide bonds. The van der Waals surface area contributed by atoms with Gasteiger partial charge in [-0.1, -0.05) is 40.7 Å². The number of aryl methyl sites for hydroxylation is 2. The maximum Gasteiger partial charge on any atom is 0.472 e. The number of benzene rings is 1. The molecule has 1 aromatic heterocycles. The number of aliphatic imine (C=N–C) groups is 3. The van der Waals surface area contributed by atoms with E-state index in [1.807, 2.05) is 80.5 Å². The average Bonchev–Trinajstić information content (AvgIpc) is 1.52. The maximum atomic E-state index is 14.3. The first-order chi connectivity index (χ1) is 41.8. The van der Waals surface area contributed by atoms with Crippen LogP contribution in [0.3, 0.4) is 0 Å². The number of primary amides is 6. The number of carbonyl (C=O) groups is 7. The third-order valence-electron chi connectivity index (χ3n) is 20.4. The van der Waals surface area contributed by atoms with Gasteiger partial charge in [-0.3, -0.25) is 57.6 Å². The molecule has 8 bridgehead atoms. The van der Waals surface area contributed by atoms with Gasteiger partial charge in [-0.05, 0) is 119 Å². The Morgan fingerprint density at radius 2 is 1.34 bits per heavy atom. The van der Waals surface area contributed by atoms with E-state index in [-0.39, 0.29) is 99.4 Å². The zero-order valence-corrected chi connectivity index (χ0v) is 56.0. The number of allylic oxidation sites excluding steroid dienone is 6. The standard InChI is InChI=1S/C62H90N13O14P.Co.H2O/c1-29-20-40-41(21-30(29)2)75(28-70-40)56-52(84)53(42(27-76)87-56)89-90(85,86)88-31(3)26-69-49(83)19-15-36-50-32(4)54-58(6,7)34(12-16-43(63)77)38(71-54)22-39-35(13-17-44(64)78)59(8,23-46(66)80)55(72-39)33(5)51-37(14-18-45(65)79)61(10,25-48(68)82)62(11,74-51)57(73-50)60(36,9)24-47(67)81;;/h20-22,28,31,34-37,42,52-53,56-57,76,84H,12-19,23-27H2,1-11H3,(H15,63,64,65,66,67,68,69,71,72,73,74,77,78,79,80,81,82,83,85,86);;1H2/p-1. The van der Waals surface area contributed by atoms with Gasteiger partial charge in [0, 0.05) is 125 Å². The van der Waals surface area contributed by atoms with Crippen molar-refractivity contribution in [1.29, 1.82) is 0 Å². The smallest absolute Gasteiger partial charge is 0.472 e. The summed E-state index contributed by atoms with van der Waals surface area (Å²) in [5.74, 6) is -7.23. The van der Waals surface area contributed by atoms with Crippen LogP contribution >= 0.6 is 7.82 Å². The molecule has 6 aliphatic heterocycles. The molecule has 92 heavy (non-hydrogen) atoms. The number of phosphoric acid groups is 1. The number of hydrogen-bond donors (Lipinski definition) is 10. The predicted molar refractivity (Wildman–Crippen MR) is 337 cm³/mol. The van der Waals surface area contributed by atoms with Crippen LogP contribution in [-0.2, 0) is 68.7 Å². The van der Waals surface area contributed by atoms with Crippen molar-refractivity contribution in [3.8, 4) is 0 Å². The molecule has 1 aromatic carbocycles. The van der Waals surface area contributed by atoms with Gasteiger partial charge in [0.25, 0.3) is 0 Å². The van der Waals surface area contributed by atoms with E-state index in [4.69, 9.17) is 68.5 Å². The number of imidazole rings is 1. The van der Waals surface area contributed by atoms with E-state index in [0.717, 1.165) is 11.1 Å². The molecule has 2 saturated heterocycles. The van der Waals surface area contributed by atoms with Crippen LogP contribution in [-0.4, -0.2) is 138 Å². The molecular formula is C62H91CoN13O15P-. The number of nitrogens with two attached hydrogens (primary N) is 6. The zero-order valence-electron chi connectivity index (χ0n) is 54.0. The molecule has 0 aliphatic carbocycles. The molecule has 28 nitrogen and oxygen atoms in total. The summed E-state index contributed by atoms with van der Waals surface area (Å²) in [5, 5.41) is 30.2. The molecule has 7 heterocycles. The van der Waals surface area contributed by atoms with Crippen LogP contribution in [0.2, 0.25) is 0 Å². The van der Waals surface area contributed by atoms with Crippen molar-refractivity contribution >= 4 is 77.3 Å². The quantitative estimate of drug-likeness (QED) is 0.0605. The summed E-state index contributed by atoms with van der Waals surface area (Å²) in [6, 6.07) is 2.68. The summed E-state index contributed by atoms with van der Waals surface area (Å²) in [5.41, 5.74) is 36.7. The van der Waals surface area contributed by atoms with Crippen LogP contribution in [0.1, 0.15) is 150 Å². The molecular weight excluding hydrogens is 1260 g/mol. The van der Waals surface area contributed by atoms with Crippen LogP contribution in [0.4, 0.5) is 0 Å². The third-order valence-corrected chi connectivity index (χ3v) is 21.5. The molecule has 30 heteroatoms. The van der Waals surface area contributed by atoms with Crippen molar-refractivity contribution in [2.24, 2.45) is 94.7 Å². The van der Waals surface area contributed by atoms with E-state index in [0.29, 0.717) is 56.4 Å². The molecule has 15 atom stereocenters. The number of rotatable bonds is 26. The van der Waals surface area contributed by atoms with Crippen LogP contribution in [0.15, 0.2) is 67.8 Å². The molecule has 0 spiro atoms. The molecule has 1 radical (unpaired) electrons. The predicted octanol–water partition coefficient (Wildman–Crippen LogP) is 3.12. The van der Waals surface area contributed by atoms with Gasteiger partial charge in [0.2, 0.25) is 41.4 Å². The maximum absolute atomic E-state index is 14.3. The first-order valence-electron chi connectivity index (χ1n) is 30.5. The number of ether oxygens (including phenoxy) is 1. The number of aromatic nitrogens is 2. The van der Waals surface area contributed by atoms with Crippen LogP contribution in [0.5, 0.6) is 0 Å². The number of phosphoric ester groups is 1. The van der Waals surface area contributed by atoms with Gasteiger partial charge < -0.3 is 74.9 Å². The van der Waals surface area contributed by atoms with E-state index >= 15 is 0 Å². The summed E-state index contributed by atoms with van der Waals surface area (Å²) in [4.78, 5) is 125. The van der Waals surface area contributed by atoms with E-state index < -0.39 is 143 Å². The minimum absolute atomic E-state index is 0. The summed E-state index contributed by atoms with van der Waals surface area (Å²) >= 11 is 0. The minimum atomic E-state index is -5.06. The molecule has 2 aromatic rings. The Kier molecular flexibility index (Phi) is 22.5. The Morgan fingerprint density at radius 3 is 1.91 bits per heavy atom. The second kappa shape index (κ2) is 27.8. The van der Waals surface area contributed by atoms with Gasteiger partial charge in [0.05, 0.1) is 41.3 Å². The fourth-order valence-corrected chi connectivity index (χ4v) is 16.8. The normalized spacial score (nSPS) is 31.3. The number of aliphatic hydroxyl groups is 2. The number of carbonyl (C=O) groups excluding carboxylic acids is 7. The van der Waals surface area contributed by atoms with Gasteiger partial charge in [-0.2, -0.15) is 5.70 Å². The van der Waals surface area contributed by atoms with E-state index in [2.05, 4.69) is 10.3 Å². The third kappa shape index (κ3) is 14.1.